The first kappa shape index (κ1) is 8.70. The van der Waals surface area contributed by atoms with E-state index in [1.54, 1.807) is 0 Å². The van der Waals surface area contributed by atoms with E-state index in [1.165, 1.54) is 24.1 Å². The molecule has 13 heavy (non-hydrogen) atoms. The van der Waals surface area contributed by atoms with E-state index in [1.807, 2.05) is 6.92 Å². The van der Waals surface area contributed by atoms with Crippen LogP contribution in [0, 0.1) is 6.92 Å². The van der Waals surface area contributed by atoms with Crippen LogP contribution in [0.15, 0.2) is 6.07 Å². The minimum Gasteiger partial charge on any atom is -0.392 e. The van der Waals surface area contributed by atoms with E-state index >= 15 is 0 Å². The van der Waals surface area contributed by atoms with Crippen LogP contribution in [0.25, 0.3) is 0 Å². The summed E-state index contributed by atoms with van der Waals surface area (Å²) in [6.45, 7) is 2.09. The van der Waals surface area contributed by atoms with Crippen molar-refractivity contribution in [2.45, 2.75) is 39.2 Å². The lowest BCUT2D eigenvalue weighted by atomic mass is 9.94. The smallest absolute Gasteiger partial charge is 0.0699 e. The molecule has 0 aromatic carbocycles. The maximum Gasteiger partial charge on any atom is 0.0699 e. The van der Waals surface area contributed by atoms with E-state index in [9.17, 15) is 0 Å². The monoisotopic (exact) mass is 177 g/mol. The zero-order valence-corrected chi connectivity index (χ0v) is 8.01. The van der Waals surface area contributed by atoms with Gasteiger partial charge in [-0.25, -0.2) is 0 Å². The largest absolute Gasteiger partial charge is 0.392 e. The normalized spacial score (nSPS) is 15.5. The highest BCUT2D eigenvalue weighted by atomic mass is 16.3. The molecule has 0 bridgehead atoms. The van der Waals surface area contributed by atoms with Crippen molar-refractivity contribution in [2.24, 2.45) is 0 Å². The second-order valence-corrected chi connectivity index (χ2v) is 3.70. The van der Waals surface area contributed by atoms with Gasteiger partial charge in [-0.1, -0.05) is 0 Å². The Hall–Kier alpha value is -0.890. The number of pyridine rings is 1. The van der Waals surface area contributed by atoms with Crippen molar-refractivity contribution >= 4 is 0 Å². The Morgan fingerprint density at radius 1 is 1.38 bits per heavy atom. The number of aryl methyl sites for hydroxylation is 3. The molecule has 2 nitrogen and oxygen atoms in total. The lowest BCUT2D eigenvalue weighted by Crippen LogP contribution is -2.08. The second-order valence-electron chi connectivity index (χ2n) is 3.70. The number of fused-ring (bicyclic) bond motifs is 1. The van der Waals surface area contributed by atoms with Crippen LogP contribution >= 0.6 is 0 Å². The molecule has 0 atom stereocenters. The van der Waals surface area contributed by atoms with Crippen molar-refractivity contribution in [3.05, 3.63) is 28.6 Å². The van der Waals surface area contributed by atoms with Crippen molar-refractivity contribution in [2.75, 3.05) is 0 Å². The van der Waals surface area contributed by atoms with Gasteiger partial charge in [0.25, 0.3) is 0 Å². The quantitative estimate of drug-likeness (QED) is 0.709. The van der Waals surface area contributed by atoms with Crippen molar-refractivity contribution in [3.63, 3.8) is 0 Å². The van der Waals surface area contributed by atoms with Crippen molar-refractivity contribution in [1.29, 1.82) is 0 Å². The highest BCUT2D eigenvalue weighted by Gasteiger charge is 2.12. The summed E-state index contributed by atoms with van der Waals surface area (Å²) in [6, 6.07) is 2.12. The Morgan fingerprint density at radius 3 is 2.92 bits per heavy atom. The summed E-state index contributed by atoms with van der Waals surface area (Å²) < 4.78 is 0. The summed E-state index contributed by atoms with van der Waals surface area (Å²) in [5.74, 6) is 0. The maximum absolute atomic E-state index is 9.08. The average molecular weight is 177 g/mol. The zero-order valence-electron chi connectivity index (χ0n) is 8.01. The van der Waals surface area contributed by atoms with Gasteiger partial charge in [-0.3, -0.25) is 4.98 Å². The predicted octanol–water partition coefficient (Wildman–Crippen LogP) is 1.76. The first-order valence-corrected chi connectivity index (χ1v) is 4.90. The molecule has 0 spiro atoms. The Balaban J connectivity index is 2.44. The van der Waals surface area contributed by atoms with E-state index in [-0.39, 0.29) is 6.61 Å². The maximum atomic E-state index is 9.08. The fraction of sp³-hybridized carbons (Fsp3) is 0.545. The number of hydrogen-bond donors (Lipinski definition) is 1. The van der Waals surface area contributed by atoms with E-state index in [0.29, 0.717) is 0 Å². The number of aliphatic hydroxyl groups excluding tert-OH is 1. The van der Waals surface area contributed by atoms with Crippen LogP contribution < -0.4 is 0 Å². The zero-order chi connectivity index (χ0) is 9.26. The SMILES string of the molecule is Cc1nc2c(cc1CO)CCCC2. The van der Waals surface area contributed by atoms with E-state index < -0.39 is 0 Å². The van der Waals surface area contributed by atoms with Gasteiger partial charge in [-0.05, 0) is 49.8 Å². The average Bonchev–Trinajstić information content (AvgIpc) is 2.17. The van der Waals surface area contributed by atoms with Crippen LogP contribution in [-0.4, -0.2) is 10.1 Å². The topological polar surface area (TPSA) is 33.1 Å². The lowest BCUT2D eigenvalue weighted by molar-refractivity contribution is 0.280. The highest BCUT2D eigenvalue weighted by Crippen LogP contribution is 2.21. The van der Waals surface area contributed by atoms with Gasteiger partial charge < -0.3 is 5.11 Å². The Kier molecular flexibility index (Phi) is 2.32. The number of aromatic nitrogens is 1. The van der Waals surface area contributed by atoms with Gasteiger partial charge in [0.05, 0.1) is 6.61 Å². The van der Waals surface area contributed by atoms with Crippen LogP contribution in [0.3, 0.4) is 0 Å². The highest BCUT2D eigenvalue weighted by molar-refractivity contribution is 5.31. The summed E-state index contributed by atoms with van der Waals surface area (Å²) in [6.07, 6.45) is 4.78. The third kappa shape index (κ3) is 1.59. The first-order valence-electron chi connectivity index (χ1n) is 4.90. The second kappa shape index (κ2) is 3.46. The van der Waals surface area contributed by atoms with E-state index in [2.05, 4.69) is 11.1 Å². The summed E-state index contributed by atoms with van der Waals surface area (Å²) in [5.41, 5.74) is 4.57. The molecule has 2 rings (SSSR count). The van der Waals surface area contributed by atoms with Gasteiger partial charge >= 0.3 is 0 Å². The van der Waals surface area contributed by atoms with E-state index in [0.717, 1.165) is 24.1 Å². The predicted molar refractivity (Wildman–Crippen MR) is 51.5 cm³/mol. The van der Waals surface area contributed by atoms with Crippen LogP contribution in [0.4, 0.5) is 0 Å². The lowest BCUT2D eigenvalue weighted by Gasteiger charge is -2.16. The molecule has 0 unspecified atom stereocenters. The van der Waals surface area contributed by atoms with Gasteiger partial charge in [0, 0.05) is 11.4 Å². The molecule has 1 heterocycles. The third-order valence-corrected chi connectivity index (χ3v) is 2.77. The molecule has 1 aromatic rings. The van der Waals surface area contributed by atoms with Gasteiger partial charge in [0.1, 0.15) is 0 Å². The first-order chi connectivity index (χ1) is 6.31. The molecule has 70 valence electrons. The van der Waals surface area contributed by atoms with Crippen molar-refractivity contribution in [1.82, 2.24) is 4.98 Å². The van der Waals surface area contributed by atoms with Crippen LogP contribution in [0.2, 0.25) is 0 Å². The minimum atomic E-state index is 0.117. The molecule has 0 amide bonds. The van der Waals surface area contributed by atoms with E-state index in [4.69, 9.17) is 5.11 Å². The Labute approximate surface area is 78.6 Å². The summed E-state index contributed by atoms with van der Waals surface area (Å²) in [4.78, 5) is 4.52. The molecule has 2 heteroatoms. The van der Waals surface area contributed by atoms with Crippen LogP contribution in [-0.2, 0) is 19.4 Å². The van der Waals surface area contributed by atoms with Gasteiger partial charge in [-0.2, -0.15) is 0 Å². The fourth-order valence-electron chi connectivity index (χ4n) is 1.94. The number of hydrogen-bond acceptors (Lipinski definition) is 2. The summed E-state index contributed by atoms with van der Waals surface area (Å²) in [7, 11) is 0. The van der Waals surface area contributed by atoms with Crippen LogP contribution in [0.1, 0.15) is 35.4 Å². The molecule has 0 radical (unpaired) electrons. The van der Waals surface area contributed by atoms with Gasteiger partial charge in [0.2, 0.25) is 0 Å². The molecule has 0 aliphatic heterocycles. The number of rotatable bonds is 1. The number of aliphatic hydroxyl groups is 1. The minimum absolute atomic E-state index is 0.117. The van der Waals surface area contributed by atoms with Gasteiger partial charge in [0.15, 0.2) is 0 Å². The standard InChI is InChI=1S/C11H15NO/c1-8-10(7-13)6-9-4-2-3-5-11(9)12-8/h6,13H,2-5,7H2,1H3. The number of nitrogens with zero attached hydrogens (tertiary/aromatic N) is 1. The summed E-state index contributed by atoms with van der Waals surface area (Å²) in [5, 5.41) is 9.08. The summed E-state index contributed by atoms with van der Waals surface area (Å²) >= 11 is 0. The van der Waals surface area contributed by atoms with Crippen molar-refractivity contribution < 1.29 is 5.11 Å². The molecule has 0 saturated carbocycles. The Bertz CT molecular complexity index is 320. The fourth-order valence-corrected chi connectivity index (χ4v) is 1.94. The third-order valence-electron chi connectivity index (χ3n) is 2.77. The molecule has 0 saturated heterocycles. The molecule has 1 aliphatic carbocycles. The van der Waals surface area contributed by atoms with Crippen LogP contribution in [0.5, 0.6) is 0 Å². The Morgan fingerprint density at radius 2 is 2.15 bits per heavy atom. The molecule has 0 fully saturated rings. The molecule has 1 aromatic heterocycles. The van der Waals surface area contributed by atoms with Crippen molar-refractivity contribution in [3.8, 4) is 0 Å². The van der Waals surface area contributed by atoms with Gasteiger partial charge in [-0.15, -0.1) is 0 Å². The molecular weight excluding hydrogens is 162 g/mol. The molecule has 1 N–H and O–H groups in total. The molecule has 1 aliphatic rings. The molecular formula is C11H15NO.